The fraction of sp³-hybridized carbons (Fsp3) is 0. The minimum Gasteiger partial charge on any atom is -0.311 e. The van der Waals surface area contributed by atoms with E-state index in [1.165, 1.54) is 18.2 Å². The van der Waals surface area contributed by atoms with E-state index in [4.69, 9.17) is 0 Å². The highest BCUT2D eigenvalue weighted by molar-refractivity contribution is 6.34. The normalized spacial score (nSPS) is 16.4. The van der Waals surface area contributed by atoms with Crippen LogP contribution in [0.1, 0.15) is 16.7 Å². The van der Waals surface area contributed by atoms with Gasteiger partial charge >= 0.3 is 0 Å². The summed E-state index contributed by atoms with van der Waals surface area (Å²) in [7, 11) is 0. The van der Waals surface area contributed by atoms with Crippen LogP contribution in [0.25, 0.3) is 16.7 Å². The fourth-order valence-corrected chi connectivity index (χ4v) is 4.70. The number of nitrogens with one attached hydrogen (secondary N) is 3. The summed E-state index contributed by atoms with van der Waals surface area (Å²) in [6, 6.07) is 21.2. The topological polar surface area (TPSA) is 142 Å². The van der Waals surface area contributed by atoms with E-state index in [1.54, 1.807) is 72.8 Å². The first kappa shape index (κ1) is 24.4. The molecule has 3 heterocycles. The number of carbonyl (C=O) groups excluding carboxylic acids is 6. The van der Waals surface area contributed by atoms with Gasteiger partial charge in [0.1, 0.15) is 0 Å². The molecule has 0 saturated carbocycles. The Bertz CT molecular complexity index is 1540. The van der Waals surface area contributed by atoms with Crippen molar-refractivity contribution in [3.05, 3.63) is 108 Å². The Labute approximate surface area is 226 Å². The highest BCUT2D eigenvalue weighted by atomic mass is 16.2. The third kappa shape index (κ3) is 4.39. The number of hydrogen-bond acceptors (Lipinski definition) is 7. The second-order valence-corrected chi connectivity index (χ2v) is 9.11. The first-order chi connectivity index (χ1) is 19.3. The summed E-state index contributed by atoms with van der Waals surface area (Å²) in [5.74, 6) is -2.79. The summed E-state index contributed by atoms with van der Waals surface area (Å²) in [5, 5.41) is 6.70. The maximum Gasteiger partial charge on any atom is 0.258 e. The van der Waals surface area contributed by atoms with E-state index in [0.717, 1.165) is 17.1 Å². The predicted octanol–water partition coefficient (Wildman–Crippen LogP) is 2.28. The Morgan fingerprint density at radius 3 is 0.825 bits per heavy atom. The third-order valence-electron chi connectivity index (χ3n) is 6.58. The zero-order valence-corrected chi connectivity index (χ0v) is 20.6. The van der Waals surface area contributed by atoms with Gasteiger partial charge in [-0.25, -0.2) is 0 Å². The predicted molar refractivity (Wildman–Crippen MR) is 145 cm³/mol. The monoisotopic (exact) mass is 530 g/mol. The zero-order valence-electron chi connectivity index (χ0n) is 20.6. The van der Waals surface area contributed by atoms with Crippen molar-refractivity contribution >= 4 is 69.2 Å². The van der Waals surface area contributed by atoms with Crippen molar-refractivity contribution in [2.24, 2.45) is 0 Å². The minimum atomic E-state index is -0.466. The van der Waals surface area contributed by atoms with Gasteiger partial charge in [0.25, 0.3) is 35.4 Å². The van der Waals surface area contributed by atoms with Gasteiger partial charge in [0.05, 0.1) is 16.7 Å². The van der Waals surface area contributed by atoms with E-state index < -0.39 is 35.4 Å². The van der Waals surface area contributed by atoms with Crippen LogP contribution in [-0.4, -0.2) is 35.4 Å². The Morgan fingerprint density at radius 2 is 0.625 bits per heavy atom. The van der Waals surface area contributed by atoms with E-state index in [1.807, 2.05) is 4.90 Å². The van der Waals surface area contributed by atoms with Crippen LogP contribution in [0, 0.1) is 0 Å². The molecule has 0 fully saturated rings. The summed E-state index contributed by atoms with van der Waals surface area (Å²) < 4.78 is 0. The average Bonchev–Trinajstić information content (AvgIpc) is 3.59. The molecule has 0 saturated heterocycles. The van der Waals surface area contributed by atoms with Crippen LogP contribution in [0.5, 0.6) is 0 Å². The molecule has 3 aliphatic rings. The molecule has 0 atom stereocenters. The van der Waals surface area contributed by atoms with Crippen LogP contribution in [0.3, 0.4) is 0 Å². The maximum absolute atomic E-state index is 12.1. The standard InChI is InChI=1S/C30H18N4O6/c35-25-13-22(28(38)31-25)16-1-7-19(8-2-16)34(20-9-3-17(4-10-20)23-14-26(36)32-29(23)39)21-11-5-18(6-12-21)24-15-27(37)33-30(24)40/h1-15H,(H,31,35,38)(H,32,36,39)(H,33,37,40). The van der Waals surface area contributed by atoms with E-state index >= 15 is 0 Å². The second-order valence-electron chi connectivity index (χ2n) is 9.11. The maximum atomic E-state index is 12.1. The number of rotatable bonds is 6. The van der Waals surface area contributed by atoms with Crippen LogP contribution in [0.15, 0.2) is 91.0 Å². The van der Waals surface area contributed by atoms with Crippen molar-refractivity contribution in [1.29, 1.82) is 0 Å². The highest BCUT2D eigenvalue weighted by Gasteiger charge is 2.25. The number of carbonyl (C=O) groups is 6. The lowest BCUT2D eigenvalue weighted by Crippen LogP contribution is -2.21. The first-order valence-corrected chi connectivity index (χ1v) is 12.1. The van der Waals surface area contributed by atoms with Gasteiger partial charge in [0.2, 0.25) is 0 Å². The van der Waals surface area contributed by atoms with Crippen molar-refractivity contribution in [3.8, 4) is 0 Å². The van der Waals surface area contributed by atoms with Gasteiger partial charge in [-0.05, 0) is 53.1 Å². The van der Waals surface area contributed by atoms with Gasteiger partial charge in [-0.1, -0.05) is 36.4 Å². The summed E-state index contributed by atoms with van der Waals surface area (Å²) in [6.45, 7) is 0. The number of benzene rings is 3. The molecule has 194 valence electrons. The number of anilines is 3. The van der Waals surface area contributed by atoms with Gasteiger partial charge in [0.15, 0.2) is 0 Å². The van der Waals surface area contributed by atoms with Crippen LogP contribution < -0.4 is 20.9 Å². The van der Waals surface area contributed by atoms with Crippen LogP contribution >= 0.6 is 0 Å². The summed E-state index contributed by atoms with van der Waals surface area (Å²) in [6.07, 6.45) is 3.76. The summed E-state index contributed by atoms with van der Waals surface area (Å²) >= 11 is 0. The van der Waals surface area contributed by atoms with Gasteiger partial charge in [-0.2, -0.15) is 0 Å². The van der Waals surface area contributed by atoms with Crippen molar-refractivity contribution in [2.75, 3.05) is 4.90 Å². The smallest absolute Gasteiger partial charge is 0.258 e. The van der Waals surface area contributed by atoms with Crippen molar-refractivity contribution < 1.29 is 28.8 Å². The molecule has 10 heteroatoms. The van der Waals surface area contributed by atoms with Crippen molar-refractivity contribution in [2.45, 2.75) is 0 Å². The molecule has 40 heavy (non-hydrogen) atoms. The van der Waals surface area contributed by atoms with E-state index in [-0.39, 0.29) is 16.7 Å². The van der Waals surface area contributed by atoms with Crippen LogP contribution in [0.4, 0.5) is 17.1 Å². The molecular formula is C30H18N4O6. The molecule has 6 rings (SSSR count). The van der Waals surface area contributed by atoms with E-state index in [2.05, 4.69) is 16.0 Å². The molecule has 3 N–H and O–H groups in total. The van der Waals surface area contributed by atoms with Gasteiger partial charge < -0.3 is 4.90 Å². The van der Waals surface area contributed by atoms with E-state index in [0.29, 0.717) is 16.7 Å². The number of hydrogen-bond donors (Lipinski definition) is 3. The molecule has 10 nitrogen and oxygen atoms in total. The quantitative estimate of drug-likeness (QED) is 0.415. The summed E-state index contributed by atoms with van der Waals surface area (Å²) in [4.78, 5) is 73.0. The molecule has 3 aliphatic heterocycles. The molecule has 0 spiro atoms. The van der Waals surface area contributed by atoms with E-state index in [9.17, 15) is 28.8 Å². The van der Waals surface area contributed by atoms with Crippen molar-refractivity contribution in [1.82, 2.24) is 16.0 Å². The lowest BCUT2D eigenvalue weighted by Gasteiger charge is -2.26. The molecule has 3 aromatic rings. The average molecular weight is 530 g/mol. The van der Waals surface area contributed by atoms with Crippen LogP contribution in [-0.2, 0) is 28.8 Å². The minimum absolute atomic E-state index is 0.270. The molecule has 0 unspecified atom stereocenters. The van der Waals surface area contributed by atoms with Gasteiger partial charge in [-0.3, -0.25) is 44.7 Å². The lowest BCUT2D eigenvalue weighted by atomic mass is 10.0. The number of amides is 6. The molecule has 0 aliphatic carbocycles. The summed E-state index contributed by atoms with van der Waals surface area (Å²) in [5.41, 5.74) is 4.69. The number of imide groups is 3. The molecular weight excluding hydrogens is 512 g/mol. The van der Waals surface area contributed by atoms with Crippen molar-refractivity contribution in [3.63, 3.8) is 0 Å². The molecule has 6 amide bonds. The molecule has 0 bridgehead atoms. The third-order valence-corrected chi connectivity index (χ3v) is 6.58. The number of nitrogens with zero attached hydrogens (tertiary/aromatic N) is 1. The first-order valence-electron chi connectivity index (χ1n) is 12.1. The Hall–Kier alpha value is -5.90. The molecule has 0 radical (unpaired) electrons. The Kier molecular flexibility index (Phi) is 5.77. The van der Waals surface area contributed by atoms with Gasteiger partial charge in [0, 0.05) is 35.3 Å². The fourth-order valence-electron chi connectivity index (χ4n) is 4.70. The lowest BCUT2D eigenvalue weighted by molar-refractivity contribution is -0.124. The molecule has 3 aromatic carbocycles. The molecule has 0 aromatic heterocycles. The second kappa shape index (κ2) is 9.44. The van der Waals surface area contributed by atoms with Gasteiger partial charge in [-0.15, -0.1) is 0 Å². The largest absolute Gasteiger partial charge is 0.311 e. The zero-order chi connectivity index (χ0) is 28.0. The Morgan fingerprint density at radius 1 is 0.375 bits per heavy atom. The Balaban J connectivity index is 1.38. The SMILES string of the molecule is O=C1C=C(c2ccc(N(c3ccc(C4=CC(=O)NC4=O)cc3)c3ccc(C4=CC(=O)NC4=O)cc3)cc2)C(=O)N1. The van der Waals surface area contributed by atoms with Crippen LogP contribution in [0.2, 0.25) is 0 Å². The highest BCUT2D eigenvalue weighted by Crippen LogP contribution is 2.37.